The SMILES string of the molecule is CCC(O)C(C)C1OC1CC(C)(O)C=CC=C(C)C1OC(=O)CC(O)CCC(C)C(OC(=O)NC2CN3CCC2CC3)C=CC1C. The Morgan fingerprint density at radius 1 is 1.22 bits per heavy atom. The van der Waals surface area contributed by atoms with E-state index in [2.05, 4.69) is 10.2 Å². The molecule has 0 spiro atoms. The Bertz CT molecular complexity index is 1110. The smallest absolute Gasteiger partial charge is 0.408 e. The van der Waals surface area contributed by atoms with Gasteiger partial charge in [-0.1, -0.05) is 52.0 Å². The summed E-state index contributed by atoms with van der Waals surface area (Å²) in [6, 6.07) is 0.0995. The number of carbonyl (C=O) groups is 2. The molecule has 2 bridgehead atoms. The van der Waals surface area contributed by atoms with Gasteiger partial charge < -0.3 is 39.7 Å². The Labute approximate surface area is 275 Å². The van der Waals surface area contributed by atoms with Crippen LogP contribution in [0.15, 0.2) is 36.0 Å². The number of ether oxygens (including phenoxy) is 3. The number of aliphatic hydroxyl groups is 3. The van der Waals surface area contributed by atoms with E-state index in [4.69, 9.17) is 14.2 Å². The molecule has 4 fully saturated rings. The van der Waals surface area contributed by atoms with E-state index in [1.807, 2.05) is 52.8 Å². The van der Waals surface area contributed by atoms with Crippen LogP contribution < -0.4 is 5.32 Å². The lowest BCUT2D eigenvalue weighted by atomic mass is 9.84. The van der Waals surface area contributed by atoms with Crippen molar-refractivity contribution < 1.29 is 39.1 Å². The van der Waals surface area contributed by atoms with Gasteiger partial charge in [-0.15, -0.1) is 0 Å². The van der Waals surface area contributed by atoms with E-state index in [1.54, 1.807) is 19.1 Å². The van der Waals surface area contributed by atoms with Crippen LogP contribution >= 0.6 is 0 Å². The number of nitrogens with one attached hydrogen (secondary N) is 1. The number of esters is 1. The quantitative estimate of drug-likeness (QED) is 0.119. The van der Waals surface area contributed by atoms with Crippen molar-refractivity contribution in [1.82, 2.24) is 10.2 Å². The first-order chi connectivity index (χ1) is 21.8. The molecule has 5 aliphatic heterocycles. The van der Waals surface area contributed by atoms with Gasteiger partial charge >= 0.3 is 12.1 Å². The number of hydrogen-bond donors (Lipinski definition) is 4. The molecule has 0 aromatic heterocycles. The molecule has 1 amide bonds. The summed E-state index contributed by atoms with van der Waals surface area (Å²) in [5.74, 6) is -0.286. The van der Waals surface area contributed by atoms with E-state index in [0.29, 0.717) is 31.6 Å². The first kappa shape index (κ1) is 36.6. The van der Waals surface area contributed by atoms with Crippen LogP contribution in [0.3, 0.4) is 0 Å². The molecule has 46 heavy (non-hydrogen) atoms. The highest BCUT2D eigenvalue weighted by atomic mass is 16.6. The van der Waals surface area contributed by atoms with Crippen molar-refractivity contribution in [3.8, 4) is 0 Å². The molecule has 5 heterocycles. The highest BCUT2D eigenvalue weighted by Crippen LogP contribution is 2.37. The number of fused-ring (bicyclic) bond motifs is 3. The normalized spacial score (nSPS) is 38.2. The highest BCUT2D eigenvalue weighted by molar-refractivity contribution is 5.70. The number of allylic oxidation sites excluding steroid dienone is 2. The zero-order chi connectivity index (χ0) is 33.6. The summed E-state index contributed by atoms with van der Waals surface area (Å²) in [5, 5.41) is 34.9. The second-order valence-corrected chi connectivity index (χ2v) is 14.6. The van der Waals surface area contributed by atoms with Crippen LogP contribution in [0.1, 0.15) is 86.5 Å². The Balaban J connectivity index is 1.41. The van der Waals surface area contributed by atoms with Gasteiger partial charge in [0.05, 0.1) is 36.4 Å². The first-order valence-electron chi connectivity index (χ1n) is 17.4. The monoisotopic (exact) mass is 646 g/mol. The summed E-state index contributed by atoms with van der Waals surface area (Å²) in [6.07, 6.45) is 10.2. The van der Waals surface area contributed by atoms with Crippen molar-refractivity contribution in [1.29, 1.82) is 0 Å². The molecule has 5 rings (SSSR count). The van der Waals surface area contributed by atoms with Crippen LogP contribution in [-0.4, -0.2) is 100 Å². The first-order valence-corrected chi connectivity index (χ1v) is 17.4. The third-order valence-corrected chi connectivity index (χ3v) is 10.5. The minimum atomic E-state index is -1.12. The number of aliphatic hydroxyl groups excluding tert-OH is 2. The van der Waals surface area contributed by atoms with Gasteiger partial charge in [-0.25, -0.2) is 4.79 Å². The van der Waals surface area contributed by atoms with Crippen molar-refractivity contribution in [2.24, 2.45) is 23.7 Å². The lowest BCUT2D eigenvalue weighted by Crippen LogP contribution is -2.57. The largest absolute Gasteiger partial charge is 0.457 e. The summed E-state index contributed by atoms with van der Waals surface area (Å²) in [7, 11) is 0. The highest BCUT2D eigenvalue weighted by Gasteiger charge is 2.47. The summed E-state index contributed by atoms with van der Waals surface area (Å²) >= 11 is 0. The average Bonchev–Trinajstić information content (AvgIpc) is 3.77. The van der Waals surface area contributed by atoms with E-state index in [-0.39, 0.29) is 42.4 Å². The number of epoxide rings is 1. The van der Waals surface area contributed by atoms with Crippen LogP contribution in [0.5, 0.6) is 0 Å². The minimum Gasteiger partial charge on any atom is -0.457 e. The molecule has 5 aliphatic rings. The fourth-order valence-corrected chi connectivity index (χ4v) is 7.24. The summed E-state index contributed by atoms with van der Waals surface area (Å²) < 4.78 is 17.6. The number of piperidine rings is 3. The molecule has 10 nitrogen and oxygen atoms in total. The van der Waals surface area contributed by atoms with Gasteiger partial charge in [-0.05, 0) is 82.5 Å². The maximum atomic E-state index is 13.0. The van der Waals surface area contributed by atoms with E-state index in [0.717, 1.165) is 38.0 Å². The van der Waals surface area contributed by atoms with E-state index in [1.165, 1.54) is 0 Å². The summed E-state index contributed by atoms with van der Waals surface area (Å²) in [4.78, 5) is 28.2. The number of rotatable bonds is 10. The van der Waals surface area contributed by atoms with Crippen molar-refractivity contribution in [3.63, 3.8) is 0 Å². The Kier molecular flexibility index (Phi) is 12.9. The van der Waals surface area contributed by atoms with Gasteiger partial charge in [0, 0.05) is 30.8 Å². The maximum Gasteiger partial charge on any atom is 0.408 e. The Morgan fingerprint density at radius 3 is 2.59 bits per heavy atom. The van der Waals surface area contributed by atoms with Gasteiger partial charge in [0.15, 0.2) is 0 Å². The van der Waals surface area contributed by atoms with Crippen molar-refractivity contribution in [2.45, 2.75) is 135 Å². The van der Waals surface area contributed by atoms with Crippen molar-refractivity contribution in [2.75, 3.05) is 19.6 Å². The van der Waals surface area contributed by atoms with E-state index in [9.17, 15) is 24.9 Å². The van der Waals surface area contributed by atoms with Crippen molar-refractivity contribution in [3.05, 3.63) is 36.0 Å². The van der Waals surface area contributed by atoms with Crippen LogP contribution in [0.2, 0.25) is 0 Å². The molecule has 0 radical (unpaired) electrons. The van der Waals surface area contributed by atoms with E-state index >= 15 is 0 Å². The molecule has 4 N–H and O–H groups in total. The lowest BCUT2D eigenvalue weighted by Gasteiger charge is -2.44. The topological polar surface area (TPSA) is 141 Å². The standard InChI is InChI=1S/C36H58N2O8/c1-7-29(40)25(5)34-31(44-34)20-36(6,43)16-8-9-23(3)33-24(4)11-13-30(22(2)10-12-27(39)19-32(41)46-33)45-35(42)37-28-21-38-17-14-26(28)15-18-38/h8-9,11,13,16,22,24-31,33-34,39-40,43H,7,10,12,14-15,17-21H2,1-6H3,(H,37,42). The zero-order valence-electron chi connectivity index (χ0n) is 28.6. The maximum absolute atomic E-state index is 13.0. The minimum absolute atomic E-state index is 0.00770. The molecule has 0 saturated carbocycles. The Hall–Kier alpha value is -2.24. The number of nitrogens with zero attached hydrogens (tertiary/aromatic N) is 1. The summed E-state index contributed by atoms with van der Waals surface area (Å²) in [5.41, 5.74) is -0.350. The zero-order valence-corrected chi connectivity index (χ0v) is 28.6. The molecule has 11 atom stereocenters. The van der Waals surface area contributed by atoms with E-state index < -0.39 is 42.1 Å². The fourth-order valence-electron chi connectivity index (χ4n) is 7.24. The van der Waals surface area contributed by atoms with Gasteiger partial charge in [-0.2, -0.15) is 0 Å². The predicted octanol–water partition coefficient (Wildman–Crippen LogP) is 4.28. The third kappa shape index (κ3) is 10.4. The number of alkyl carbamates (subject to hydrolysis) is 1. The number of cyclic esters (lactones) is 1. The van der Waals surface area contributed by atoms with Gasteiger partial charge in [0.25, 0.3) is 0 Å². The predicted molar refractivity (Wildman–Crippen MR) is 176 cm³/mol. The van der Waals surface area contributed by atoms with Crippen molar-refractivity contribution >= 4 is 12.1 Å². The summed E-state index contributed by atoms with van der Waals surface area (Å²) in [6.45, 7) is 14.5. The van der Waals surface area contributed by atoms with Crippen LogP contribution in [0, 0.1) is 23.7 Å². The van der Waals surface area contributed by atoms with Crippen LogP contribution in [0.25, 0.3) is 0 Å². The van der Waals surface area contributed by atoms with Crippen LogP contribution in [0.4, 0.5) is 4.79 Å². The molecule has 0 aromatic rings. The van der Waals surface area contributed by atoms with Crippen LogP contribution in [-0.2, 0) is 19.0 Å². The second-order valence-electron chi connectivity index (χ2n) is 14.6. The lowest BCUT2D eigenvalue weighted by molar-refractivity contribution is -0.151. The molecule has 10 heteroatoms. The molecule has 11 unspecified atom stereocenters. The molecular formula is C36H58N2O8. The van der Waals surface area contributed by atoms with Gasteiger partial charge in [-0.3, -0.25) is 4.79 Å². The molecule has 260 valence electrons. The third-order valence-electron chi connectivity index (χ3n) is 10.5. The Morgan fingerprint density at radius 2 is 1.93 bits per heavy atom. The second kappa shape index (κ2) is 16.2. The molecule has 0 aromatic carbocycles. The average molecular weight is 647 g/mol. The fraction of sp³-hybridized carbons (Fsp3) is 0.778. The van der Waals surface area contributed by atoms with Gasteiger partial charge in [0.2, 0.25) is 0 Å². The molecular weight excluding hydrogens is 588 g/mol. The van der Waals surface area contributed by atoms with Gasteiger partial charge in [0.1, 0.15) is 12.2 Å². The molecule has 4 saturated heterocycles. The molecule has 0 aliphatic carbocycles. The number of carbonyl (C=O) groups excluding carboxylic acids is 2. The number of amides is 1. The number of hydrogen-bond acceptors (Lipinski definition) is 9.